The van der Waals surface area contributed by atoms with Gasteiger partial charge in [0.05, 0.1) is 30.8 Å². The molecule has 14 heteroatoms. The van der Waals surface area contributed by atoms with E-state index >= 15 is 0 Å². The highest BCUT2D eigenvalue weighted by Crippen LogP contribution is 2.37. The summed E-state index contributed by atoms with van der Waals surface area (Å²) in [6.07, 6.45) is 4.12. The van der Waals surface area contributed by atoms with Crippen LogP contribution in [0.25, 0.3) is 0 Å². The zero-order chi connectivity index (χ0) is 30.5. The van der Waals surface area contributed by atoms with E-state index in [4.69, 9.17) is 10.5 Å². The Hall–Kier alpha value is -5.45. The number of amides is 6. The number of nitrogens with zero attached hydrogens (tertiary/aromatic N) is 4. The molecule has 6 rings (SSSR count). The molecule has 0 bridgehead atoms. The number of piperidine rings is 1. The van der Waals surface area contributed by atoms with E-state index in [0.29, 0.717) is 48.8 Å². The van der Waals surface area contributed by atoms with Crippen LogP contribution >= 0.6 is 0 Å². The summed E-state index contributed by atoms with van der Waals surface area (Å²) < 4.78 is 5.22. The van der Waals surface area contributed by atoms with Gasteiger partial charge in [-0.05, 0) is 37.5 Å². The average molecular weight is 585 g/mol. The fourth-order valence-corrected chi connectivity index (χ4v) is 5.77. The summed E-state index contributed by atoms with van der Waals surface area (Å²) in [7, 11) is 1.51. The molecule has 2 saturated heterocycles. The van der Waals surface area contributed by atoms with Crippen LogP contribution in [-0.4, -0.2) is 76.8 Å². The maximum Gasteiger partial charge on any atom is 0.323 e. The third-order valence-corrected chi connectivity index (χ3v) is 8.25. The van der Waals surface area contributed by atoms with Gasteiger partial charge in [0.2, 0.25) is 17.4 Å². The summed E-state index contributed by atoms with van der Waals surface area (Å²) in [5.74, 6) is 4.89. The maximum atomic E-state index is 13.1. The molecule has 0 saturated carbocycles. The molecule has 0 aliphatic carbocycles. The first kappa shape index (κ1) is 27.7. The van der Waals surface area contributed by atoms with Crippen LogP contribution in [0.15, 0.2) is 36.0 Å². The minimum Gasteiger partial charge on any atom is -0.497 e. The first-order valence-electron chi connectivity index (χ1n) is 13.6. The number of ether oxygens (including phenoxy) is 1. The second-order valence-electron chi connectivity index (χ2n) is 11.0. The van der Waals surface area contributed by atoms with E-state index in [9.17, 15) is 24.0 Å². The third kappa shape index (κ3) is 4.78. The summed E-state index contributed by atoms with van der Waals surface area (Å²) in [5, 5.41) is 7.19. The van der Waals surface area contributed by atoms with Gasteiger partial charge in [-0.15, -0.1) is 0 Å². The lowest BCUT2D eigenvalue weighted by molar-refractivity contribution is -0.136. The first-order chi connectivity index (χ1) is 20.5. The number of hydrogen-bond donors (Lipinski definition) is 4. The second kappa shape index (κ2) is 10.1. The lowest BCUT2D eigenvalue weighted by Crippen LogP contribution is -2.54. The monoisotopic (exact) mass is 584 g/mol. The van der Waals surface area contributed by atoms with Gasteiger partial charge in [-0.1, -0.05) is 24.0 Å². The van der Waals surface area contributed by atoms with Gasteiger partial charge < -0.3 is 25.6 Å². The molecule has 5 heterocycles. The van der Waals surface area contributed by atoms with E-state index in [1.54, 1.807) is 31.2 Å². The number of nitrogens with two attached hydrogens (primary N) is 1. The van der Waals surface area contributed by atoms with Gasteiger partial charge in [-0.25, -0.2) is 9.78 Å². The maximum absolute atomic E-state index is 13.1. The molecule has 5 N–H and O–H groups in total. The Morgan fingerprint density at radius 1 is 1.09 bits per heavy atom. The van der Waals surface area contributed by atoms with Crippen molar-refractivity contribution in [2.24, 2.45) is 5.41 Å². The van der Waals surface area contributed by atoms with Crippen molar-refractivity contribution in [3.8, 4) is 17.6 Å². The molecule has 14 nitrogen and oxygen atoms in total. The average Bonchev–Trinajstić information content (AvgIpc) is 3.44. The lowest BCUT2D eigenvalue weighted by atomic mass is 9.74. The number of hydrogen-bond acceptors (Lipinski definition) is 10. The molecule has 0 radical (unpaired) electrons. The van der Waals surface area contributed by atoms with Crippen molar-refractivity contribution < 1.29 is 28.7 Å². The highest BCUT2D eigenvalue weighted by atomic mass is 16.5. The van der Waals surface area contributed by atoms with Gasteiger partial charge in [-0.3, -0.25) is 29.8 Å². The standard InChI is InChI=1S/C29H28N8O6/c1-16-12-28(24(40)33-22(16)38)7-9-36(10-8-28)26-31-13-17(21(30)32-26)5-6-29(25(41)34-27(42)35-29)15-37-14-18-3-4-19(43-2)11-20(18)23(37)39/h3-4,11-13H,7-10,14-15H2,1-2H3,(H2,30,31,32)(H,33,38,40)(H2,34,35,41,42). The third-order valence-electron chi connectivity index (χ3n) is 8.25. The normalized spacial score (nSPS) is 22.4. The Morgan fingerprint density at radius 3 is 2.53 bits per heavy atom. The Morgan fingerprint density at radius 2 is 1.86 bits per heavy atom. The van der Waals surface area contributed by atoms with E-state index in [1.165, 1.54) is 18.2 Å². The van der Waals surface area contributed by atoms with Crippen molar-refractivity contribution in [2.75, 3.05) is 37.4 Å². The molecule has 1 spiro atoms. The van der Waals surface area contributed by atoms with Gasteiger partial charge in [0.15, 0.2) is 0 Å². The number of carbonyl (C=O) groups excluding carboxylic acids is 5. The fraction of sp³-hybridized carbons (Fsp3) is 0.345. The number of benzene rings is 1. The Labute approximate surface area is 246 Å². The van der Waals surface area contributed by atoms with E-state index in [-0.39, 0.29) is 42.2 Å². The first-order valence-corrected chi connectivity index (χ1v) is 13.6. The quantitative estimate of drug-likeness (QED) is 0.214. The number of urea groups is 1. The molecule has 1 aromatic heterocycles. The largest absolute Gasteiger partial charge is 0.497 e. The van der Waals surface area contributed by atoms with Crippen molar-refractivity contribution in [3.05, 3.63) is 52.7 Å². The fourth-order valence-electron chi connectivity index (χ4n) is 5.77. The number of nitrogens with one attached hydrogen (secondary N) is 3. The van der Waals surface area contributed by atoms with Gasteiger partial charge in [0, 0.05) is 30.8 Å². The highest BCUT2D eigenvalue weighted by Gasteiger charge is 2.48. The van der Waals surface area contributed by atoms with Crippen LogP contribution in [0.3, 0.4) is 0 Å². The number of aromatic nitrogens is 2. The Balaban J connectivity index is 1.20. The zero-order valence-electron chi connectivity index (χ0n) is 23.4. The van der Waals surface area contributed by atoms with Gasteiger partial charge in [0.25, 0.3) is 17.7 Å². The number of anilines is 2. The van der Waals surface area contributed by atoms with Crippen molar-refractivity contribution in [1.29, 1.82) is 0 Å². The Bertz CT molecular complexity index is 1700. The van der Waals surface area contributed by atoms with Crippen LogP contribution < -0.4 is 31.3 Å². The van der Waals surface area contributed by atoms with Gasteiger partial charge >= 0.3 is 6.03 Å². The molecule has 4 aliphatic heterocycles. The molecule has 43 heavy (non-hydrogen) atoms. The molecule has 1 unspecified atom stereocenters. The smallest absolute Gasteiger partial charge is 0.323 e. The summed E-state index contributed by atoms with van der Waals surface area (Å²) in [4.78, 5) is 74.8. The van der Waals surface area contributed by atoms with Crippen LogP contribution in [0.4, 0.5) is 16.6 Å². The van der Waals surface area contributed by atoms with Crippen LogP contribution in [-0.2, 0) is 20.9 Å². The summed E-state index contributed by atoms with van der Waals surface area (Å²) >= 11 is 0. The van der Waals surface area contributed by atoms with Crippen molar-refractivity contribution in [2.45, 2.75) is 31.8 Å². The molecule has 1 aromatic carbocycles. The lowest BCUT2D eigenvalue weighted by Gasteiger charge is -2.40. The van der Waals surface area contributed by atoms with E-state index in [1.807, 2.05) is 4.90 Å². The molecule has 6 amide bonds. The molecular formula is C29H28N8O6. The molecular weight excluding hydrogens is 556 g/mol. The summed E-state index contributed by atoms with van der Waals surface area (Å²) in [6, 6.07) is 4.43. The minimum atomic E-state index is -1.72. The van der Waals surface area contributed by atoms with Crippen molar-refractivity contribution in [1.82, 2.24) is 30.8 Å². The van der Waals surface area contributed by atoms with E-state index in [2.05, 4.69) is 37.8 Å². The van der Waals surface area contributed by atoms with Gasteiger partial charge in [-0.2, -0.15) is 4.98 Å². The highest BCUT2D eigenvalue weighted by molar-refractivity contribution is 6.10. The number of imide groups is 2. The summed E-state index contributed by atoms with van der Waals surface area (Å²) in [5.41, 5.74) is 5.71. The minimum absolute atomic E-state index is 0.0613. The van der Waals surface area contributed by atoms with Gasteiger partial charge in [0.1, 0.15) is 11.6 Å². The second-order valence-corrected chi connectivity index (χ2v) is 11.0. The van der Waals surface area contributed by atoms with Crippen LogP contribution in [0.5, 0.6) is 5.75 Å². The molecule has 4 aliphatic rings. The zero-order valence-corrected chi connectivity index (χ0v) is 23.4. The number of carbonyl (C=O) groups is 5. The van der Waals surface area contributed by atoms with E-state index in [0.717, 1.165) is 5.56 Å². The number of nitrogen functional groups attached to an aromatic ring is 1. The molecule has 1 atom stereocenters. The number of rotatable bonds is 4. The summed E-state index contributed by atoms with van der Waals surface area (Å²) in [6.45, 7) is 2.64. The Kier molecular flexibility index (Phi) is 6.52. The molecule has 220 valence electrons. The molecule has 2 aromatic rings. The SMILES string of the molecule is COc1ccc2c(c1)C(=O)N(CC1(C#Cc3cnc(N4CCC5(C=C(C)C(=O)NC5=O)CC4)nc3N)NC(=O)NC1=O)C2. The number of methoxy groups -OCH3 is 1. The van der Waals surface area contributed by atoms with Crippen LogP contribution in [0.1, 0.15) is 41.3 Å². The van der Waals surface area contributed by atoms with Crippen molar-refractivity contribution in [3.63, 3.8) is 0 Å². The van der Waals surface area contributed by atoms with Crippen molar-refractivity contribution >= 4 is 41.4 Å². The topological polar surface area (TPSA) is 189 Å². The molecule has 2 fully saturated rings. The van der Waals surface area contributed by atoms with Crippen LogP contribution in [0, 0.1) is 17.3 Å². The predicted molar refractivity (Wildman–Crippen MR) is 151 cm³/mol. The van der Waals surface area contributed by atoms with Crippen LogP contribution in [0.2, 0.25) is 0 Å². The number of fused-ring (bicyclic) bond motifs is 1. The van der Waals surface area contributed by atoms with E-state index < -0.39 is 22.9 Å². The predicted octanol–water partition coefficient (Wildman–Crippen LogP) is -0.158.